The summed E-state index contributed by atoms with van der Waals surface area (Å²) < 4.78 is 47.5. The molecule has 1 atom stereocenters. The van der Waals surface area contributed by atoms with E-state index in [1.54, 1.807) is 55.0 Å². The third kappa shape index (κ3) is 3.92. The van der Waals surface area contributed by atoms with E-state index in [-0.39, 0.29) is 18.8 Å². The number of hydrogen-bond donors (Lipinski definition) is 2. The molecule has 1 aliphatic rings. The molecule has 0 aliphatic carbocycles. The van der Waals surface area contributed by atoms with Crippen LogP contribution in [0.5, 0.6) is 5.75 Å². The van der Waals surface area contributed by atoms with E-state index in [2.05, 4.69) is 9.98 Å². The molecule has 3 aromatic rings. The Kier molecular flexibility index (Phi) is 5.61. The third-order valence-corrected chi connectivity index (χ3v) is 5.46. The molecule has 0 saturated heterocycles. The monoisotopic (exact) mass is 458 g/mol. The summed E-state index contributed by atoms with van der Waals surface area (Å²) in [5, 5.41) is 2.61. The van der Waals surface area contributed by atoms with Gasteiger partial charge in [-0.15, -0.1) is 0 Å². The zero-order valence-electron chi connectivity index (χ0n) is 17.9. The number of hydrogen-bond acceptors (Lipinski definition) is 4. The van der Waals surface area contributed by atoms with Crippen molar-refractivity contribution in [3.63, 3.8) is 0 Å². The molecule has 1 aromatic heterocycles. The number of alkyl halides is 3. The first-order chi connectivity index (χ1) is 15.7. The molecule has 4 rings (SSSR count). The number of amides is 2. The number of aromatic amines is 1. The SMILES string of the molecule is COc1ccc2c(CCN3C(=O)C(NC(C)=O)(C(F)(F)F)N=C3c3ccccc3)c[nH]c2c1. The van der Waals surface area contributed by atoms with Gasteiger partial charge in [-0.3, -0.25) is 14.5 Å². The van der Waals surface area contributed by atoms with Gasteiger partial charge in [-0.05, 0) is 24.1 Å². The summed E-state index contributed by atoms with van der Waals surface area (Å²) in [6, 6.07) is 13.5. The number of H-pyrrole nitrogens is 1. The van der Waals surface area contributed by atoms with Crippen molar-refractivity contribution in [3.8, 4) is 5.75 Å². The number of halogens is 3. The van der Waals surface area contributed by atoms with E-state index in [9.17, 15) is 22.8 Å². The number of ether oxygens (including phenoxy) is 1. The van der Waals surface area contributed by atoms with Crippen LogP contribution in [0.25, 0.3) is 10.9 Å². The molecule has 0 bridgehead atoms. The summed E-state index contributed by atoms with van der Waals surface area (Å²) in [5.41, 5.74) is -1.41. The Morgan fingerprint density at radius 1 is 1.21 bits per heavy atom. The molecule has 2 amide bonds. The highest BCUT2D eigenvalue weighted by Gasteiger charge is 2.66. The van der Waals surface area contributed by atoms with Crippen LogP contribution >= 0.6 is 0 Å². The summed E-state index contributed by atoms with van der Waals surface area (Å²) in [5.74, 6) is -1.84. The molecule has 2 heterocycles. The number of carbonyl (C=O) groups is 2. The van der Waals surface area contributed by atoms with Crippen molar-refractivity contribution in [2.24, 2.45) is 4.99 Å². The van der Waals surface area contributed by atoms with Gasteiger partial charge in [-0.25, -0.2) is 4.99 Å². The molecule has 33 heavy (non-hydrogen) atoms. The van der Waals surface area contributed by atoms with Gasteiger partial charge in [0.05, 0.1) is 7.11 Å². The Bertz CT molecular complexity index is 1240. The zero-order chi connectivity index (χ0) is 23.8. The first-order valence-electron chi connectivity index (χ1n) is 10.1. The van der Waals surface area contributed by atoms with Gasteiger partial charge in [-0.1, -0.05) is 30.3 Å². The lowest BCUT2D eigenvalue weighted by atomic mass is 10.1. The quantitative estimate of drug-likeness (QED) is 0.594. The number of rotatable bonds is 6. The van der Waals surface area contributed by atoms with E-state index < -0.39 is 23.7 Å². The fourth-order valence-corrected chi connectivity index (χ4v) is 3.90. The Labute approximate surface area is 187 Å². The van der Waals surface area contributed by atoms with Crippen LogP contribution in [0.3, 0.4) is 0 Å². The molecule has 0 spiro atoms. The van der Waals surface area contributed by atoms with Gasteiger partial charge in [0, 0.05) is 42.2 Å². The Hall–Kier alpha value is -3.82. The van der Waals surface area contributed by atoms with Crippen molar-refractivity contribution >= 4 is 28.6 Å². The first-order valence-corrected chi connectivity index (χ1v) is 10.1. The third-order valence-electron chi connectivity index (χ3n) is 5.46. The summed E-state index contributed by atoms with van der Waals surface area (Å²) >= 11 is 0. The summed E-state index contributed by atoms with van der Waals surface area (Å²) in [7, 11) is 1.55. The lowest BCUT2D eigenvalue weighted by Gasteiger charge is -2.28. The fourth-order valence-electron chi connectivity index (χ4n) is 3.90. The molecule has 7 nitrogen and oxygen atoms in total. The van der Waals surface area contributed by atoms with Crippen LogP contribution in [0.2, 0.25) is 0 Å². The summed E-state index contributed by atoms with van der Waals surface area (Å²) in [4.78, 5) is 32.6. The summed E-state index contributed by atoms with van der Waals surface area (Å²) in [6.45, 7) is 0.852. The van der Waals surface area contributed by atoms with Crippen molar-refractivity contribution < 1.29 is 27.5 Å². The van der Waals surface area contributed by atoms with E-state index in [1.165, 1.54) is 0 Å². The maximum atomic E-state index is 14.1. The second-order valence-corrected chi connectivity index (χ2v) is 7.62. The van der Waals surface area contributed by atoms with Crippen molar-refractivity contribution in [2.75, 3.05) is 13.7 Å². The highest BCUT2D eigenvalue weighted by atomic mass is 19.4. The molecular weight excluding hydrogens is 437 g/mol. The fraction of sp³-hybridized carbons (Fsp3) is 0.261. The topological polar surface area (TPSA) is 86.8 Å². The van der Waals surface area contributed by atoms with Crippen LogP contribution in [-0.4, -0.2) is 53.0 Å². The smallest absolute Gasteiger partial charge is 0.442 e. The lowest BCUT2D eigenvalue weighted by molar-refractivity contribution is -0.199. The average Bonchev–Trinajstić information content (AvgIpc) is 3.31. The average molecular weight is 458 g/mol. The molecule has 0 radical (unpaired) electrons. The molecule has 0 saturated carbocycles. The van der Waals surface area contributed by atoms with Gasteiger partial charge >= 0.3 is 11.8 Å². The second-order valence-electron chi connectivity index (χ2n) is 7.62. The predicted octanol–water partition coefficient (Wildman–Crippen LogP) is 3.40. The number of carbonyl (C=O) groups excluding carboxylic acids is 2. The van der Waals surface area contributed by atoms with Crippen LogP contribution in [0.4, 0.5) is 13.2 Å². The van der Waals surface area contributed by atoms with Crippen molar-refractivity contribution in [3.05, 3.63) is 65.9 Å². The Balaban J connectivity index is 1.71. The van der Waals surface area contributed by atoms with Gasteiger partial charge in [0.15, 0.2) is 0 Å². The number of nitrogens with zero attached hydrogens (tertiary/aromatic N) is 2. The number of methoxy groups -OCH3 is 1. The van der Waals surface area contributed by atoms with Crippen LogP contribution in [0, 0.1) is 0 Å². The lowest BCUT2D eigenvalue weighted by Crippen LogP contribution is -2.63. The highest BCUT2D eigenvalue weighted by Crippen LogP contribution is 2.38. The van der Waals surface area contributed by atoms with Crippen LogP contribution in [-0.2, 0) is 16.0 Å². The van der Waals surface area contributed by atoms with Crippen molar-refractivity contribution in [1.29, 1.82) is 0 Å². The predicted molar refractivity (Wildman–Crippen MR) is 116 cm³/mol. The normalized spacial score (nSPS) is 18.5. The van der Waals surface area contributed by atoms with Crippen molar-refractivity contribution in [2.45, 2.75) is 25.2 Å². The Morgan fingerprint density at radius 3 is 2.58 bits per heavy atom. The molecule has 10 heteroatoms. The number of amidine groups is 1. The van der Waals surface area contributed by atoms with E-state index >= 15 is 0 Å². The summed E-state index contributed by atoms with van der Waals surface area (Å²) in [6.07, 6.45) is -3.12. The van der Waals surface area contributed by atoms with Gasteiger partial charge in [-0.2, -0.15) is 13.2 Å². The molecule has 1 aliphatic heterocycles. The van der Waals surface area contributed by atoms with Crippen LogP contribution < -0.4 is 10.1 Å². The molecule has 172 valence electrons. The highest BCUT2D eigenvalue weighted by molar-refractivity contribution is 6.16. The van der Waals surface area contributed by atoms with Crippen molar-refractivity contribution in [1.82, 2.24) is 15.2 Å². The van der Waals surface area contributed by atoms with E-state index in [0.717, 1.165) is 28.3 Å². The Morgan fingerprint density at radius 2 is 1.94 bits per heavy atom. The van der Waals surface area contributed by atoms with Crippen LogP contribution in [0.1, 0.15) is 18.1 Å². The molecule has 0 fully saturated rings. The zero-order valence-corrected chi connectivity index (χ0v) is 17.9. The molecule has 2 aromatic carbocycles. The van der Waals surface area contributed by atoms with Gasteiger partial charge in [0.1, 0.15) is 11.6 Å². The van der Waals surface area contributed by atoms with E-state index in [1.807, 2.05) is 12.1 Å². The van der Waals surface area contributed by atoms with Gasteiger partial charge in [0.25, 0.3) is 5.91 Å². The standard InChI is InChI=1S/C23H21F3N4O3/c1-14(31)28-22(23(24,25)26)21(32)30(20(29-22)15-6-4-3-5-7-15)11-10-16-13-27-19-12-17(33-2)8-9-18(16)19/h3-9,12-13,27H,10-11H2,1-2H3,(H,28,31). The van der Waals surface area contributed by atoms with E-state index in [0.29, 0.717) is 11.3 Å². The maximum absolute atomic E-state index is 14.1. The minimum Gasteiger partial charge on any atom is -0.497 e. The minimum absolute atomic E-state index is 0.0665. The minimum atomic E-state index is -5.12. The number of aromatic nitrogens is 1. The van der Waals surface area contributed by atoms with Gasteiger partial charge in [0.2, 0.25) is 5.91 Å². The molecule has 1 unspecified atom stereocenters. The van der Waals surface area contributed by atoms with Gasteiger partial charge < -0.3 is 15.0 Å². The molecule has 2 N–H and O–H groups in total. The number of benzene rings is 2. The number of fused-ring (bicyclic) bond motifs is 1. The van der Waals surface area contributed by atoms with Crippen LogP contribution in [0.15, 0.2) is 59.7 Å². The molecular formula is C23H21F3N4O3. The second kappa shape index (κ2) is 8.27. The number of aliphatic imine (C=N–C) groups is 1. The largest absolute Gasteiger partial charge is 0.497 e. The first kappa shape index (κ1) is 22.4. The number of nitrogens with one attached hydrogen (secondary N) is 2. The maximum Gasteiger partial charge on any atom is 0.442 e. The van der Waals surface area contributed by atoms with E-state index in [4.69, 9.17) is 4.74 Å².